The molecule has 0 aromatic heterocycles. The first-order valence-corrected chi connectivity index (χ1v) is 7.12. The molecule has 0 unspecified atom stereocenters. The Bertz CT molecular complexity index is 344. The summed E-state index contributed by atoms with van der Waals surface area (Å²) in [6.07, 6.45) is 4.90. The lowest BCUT2D eigenvalue weighted by Crippen LogP contribution is -2.49. The Morgan fingerprint density at radius 1 is 1.33 bits per heavy atom. The Morgan fingerprint density at radius 2 is 1.94 bits per heavy atom. The van der Waals surface area contributed by atoms with Crippen molar-refractivity contribution in [1.82, 2.24) is 10.2 Å². The summed E-state index contributed by atoms with van der Waals surface area (Å²) in [5, 5.41) is 2.96. The van der Waals surface area contributed by atoms with Crippen molar-refractivity contribution in [3.05, 3.63) is 0 Å². The van der Waals surface area contributed by atoms with E-state index in [1.165, 1.54) is 11.3 Å². The molecule has 4 heteroatoms. The summed E-state index contributed by atoms with van der Waals surface area (Å²) in [5.41, 5.74) is -0.572. The molecule has 0 bridgehead atoms. The smallest absolute Gasteiger partial charge is 0.323 e. The SMILES string of the molecule is CCC1CCC2(CC1)NC(=O)N(CC(C)C)C2=O. The number of nitrogens with one attached hydrogen (secondary N) is 1. The van der Waals surface area contributed by atoms with E-state index in [0.717, 1.165) is 31.6 Å². The second-order valence-corrected chi connectivity index (χ2v) is 6.17. The maximum absolute atomic E-state index is 12.5. The van der Waals surface area contributed by atoms with E-state index in [2.05, 4.69) is 12.2 Å². The third-order valence-electron chi connectivity index (χ3n) is 4.33. The lowest BCUT2D eigenvalue weighted by atomic mass is 9.75. The highest BCUT2D eigenvalue weighted by molar-refractivity contribution is 6.07. The number of hydrogen-bond donors (Lipinski definition) is 1. The van der Waals surface area contributed by atoms with Crippen molar-refractivity contribution in [2.24, 2.45) is 11.8 Å². The molecule has 4 nitrogen and oxygen atoms in total. The standard InChI is InChI=1S/C14H24N2O2/c1-4-11-5-7-14(8-6-11)12(17)16(9-10(2)3)13(18)15-14/h10-11H,4-9H2,1-3H3,(H,15,18). The normalized spacial score (nSPS) is 32.4. The van der Waals surface area contributed by atoms with Gasteiger partial charge in [-0.25, -0.2) is 4.79 Å². The van der Waals surface area contributed by atoms with Gasteiger partial charge in [0.15, 0.2) is 0 Å². The van der Waals surface area contributed by atoms with Crippen LogP contribution in [-0.4, -0.2) is 28.9 Å². The molecule has 2 rings (SSSR count). The van der Waals surface area contributed by atoms with Gasteiger partial charge in [-0.05, 0) is 37.5 Å². The van der Waals surface area contributed by atoms with Crippen LogP contribution in [0.25, 0.3) is 0 Å². The number of carbonyl (C=O) groups excluding carboxylic acids is 2. The summed E-state index contributed by atoms with van der Waals surface area (Å²) in [4.78, 5) is 25.8. The molecule has 2 fully saturated rings. The highest BCUT2D eigenvalue weighted by Gasteiger charge is 2.52. The largest absolute Gasteiger partial charge is 0.325 e. The minimum Gasteiger partial charge on any atom is -0.323 e. The first-order valence-electron chi connectivity index (χ1n) is 7.12. The van der Waals surface area contributed by atoms with Crippen LogP contribution < -0.4 is 5.32 Å². The Morgan fingerprint density at radius 3 is 2.44 bits per heavy atom. The lowest BCUT2D eigenvalue weighted by Gasteiger charge is -2.34. The van der Waals surface area contributed by atoms with Crippen LogP contribution in [0.15, 0.2) is 0 Å². The van der Waals surface area contributed by atoms with Crippen molar-refractivity contribution >= 4 is 11.9 Å². The van der Waals surface area contributed by atoms with Crippen molar-refractivity contribution in [2.75, 3.05) is 6.54 Å². The van der Waals surface area contributed by atoms with Crippen LogP contribution in [0.1, 0.15) is 52.9 Å². The first-order chi connectivity index (χ1) is 8.48. The van der Waals surface area contributed by atoms with Crippen molar-refractivity contribution in [3.63, 3.8) is 0 Å². The fraction of sp³-hybridized carbons (Fsp3) is 0.857. The molecule has 18 heavy (non-hydrogen) atoms. The van der Waals surface area contributed by atoms with E-state index in [1.54, 1.807) is 0 Å². The number of imide groups is 1. The predicted octanol–water partition coefficient (Wildman–Crippen LogP) is 2.53. The molecular weight excluding hydrogens is 228 g/mol. The van der Waals surface area contributed by atoms with Gasteiger partial charge in [-0.1, -0.05) is 27.2 Å². The number of nitrogens with zero attached hydrogens (tertiary/aromatic N) is 1. The fourth-order valence-electron chi connectivity index (χ4n) is 3.12. The molecule has 1 saturated heterocycles. The third kappa shape index (κ3) is 2.25. The van der Waals surface area contributed by atoms with Gasteiger partial charge >= 0.3 is 6.03 Å². The van der Waals surface area contributed by atoms with E-state index >= 15 is 0 Å². The van der Waals surface area contributed by atoms with Crippen molar-refractivity contribution in [1.29, 1.82) is 0 Å². The van der Waals surface area contributed by atoms with Gasteiger partial charge in [-0.2, -0.15) is 0 Å². The van der Waals surface area contributed by atoms with Gasteiger partial charge in [0.25, 0.3) is 5.91 Å². The average Bonchev–Trinajstić information content (AvgIpc) is 2.55. The summed E-state index contributed by atoms with van der Waals surface area (Å²) >= 11 is 0. The number of urea groups is 1. The minimum absolute atomic E-state index is 0.00996. The van der Waals surface area contributed by atoms with Crippen LogP contribution in [0.2, 0.25) is 0 Å². The highest BCUT2D eigenvalue weighted by Crippen LogP contribution is 2.37. The van der Waals surface area contributed by atoms with E-state index in [9.17, 15) is 9.59 Å². The Kier molecular flexibility index (Phi) is 3.64. The lowest BCUT2D eigenvalue weighted by molar-refractivity contribution is -0.133. The van der Waals surface area contributed by atoms with E-state index in [4.69, 9.17) is 0 Å². The Balaban J connectivity index is 2.08. The maximum atomic E-state index is 12.5. The molecule has 1 heterocycles. The molecular formula is C14H24N2O2. The molecule has 2 aliphatic rings. The quantitative estimate of drug-likeness (QED) is 0.785. The van der Waals surface area contributed by atoms with Crippen LogP contribution in [-0.2, 0) is 4.79 Å². The molecule has 1 aliphatic carbocycles. The monoisotopic (exact) mass is 252 g/mol. The number of rotatable bonds is 3. The zero-order valence-corrected chi connectivity index (χ0v) is 11.7. The van der Waals surface area contributed by atoms with Gasteiger partial charge in [0.1, 0.15) is 5.54 Å². The summed E-state index contributed by atoms with van der Waals surface area (Å²) < 4.78 is 0. The molecule has 1 spiro atoms. The topological polar surface area (TPSA) is 49.4 Å². The summed E-state index contributed by atoms with van der Waals surface area (Å²) in [6, 6.07) is -0.191. The maximum Gasteiger partial charge on any atom is 0.325 e. The van der Waals surface area contributed by atoms with E-state index < -0.39 is 5.54 Å². The molecule has 0 radical (unpaired) electrons. The molecule has 102 valence electrons. The first kappa shape index (κ1) is 13.4. The van der Waals surface area contributed by atoms with Gasteiger partial charge in [-0.3, -0.25) is 9.69 Å². The van der Waals surface area contributed by atoms with Gasteiger partial charge in [0.2, 0.25) is 0 Å². The summed E-state index contributed by atoms with van der Waals surface area (Å²) in [6.45, 7) is 6.78. The molecule has 1 aliphatic heterocycles. The molecule has 3 amide bonds. The van der Waals surface area contributed by atoms with Crippen LogP contribution in [0, 0.1) is 11.8 Å². The van der Waals surface area contributed by atoms with Crippen molar-refractivity contribution < 1.29 is 9.59 Å². The summed E-state index contributed by atoms with van der Waals surface area (Å²) in [5.74, 6) is 1.05. The number of hydrogen-bond acceptors (Lipinski definition) is 2. The van der Waals surface area contributed by atoms with Crippen LogP contribution in [0.3, 0.4) is 0 Å². The highest BCUT2D eigenvalue weighted by atomic mass is 16.2. The van der Waals surface area contributed by atoms with Crippen LogP contribution in [0.5, 0.6) is 0 Å². The van der Waals surface area contributed by atoms with Gasteiger partial charge in [0.05, 0.1) is 0 Å². The molecule has 0 aromatic carbocycles. The molecule has 1 N–H and O–H groups in total. The zero-order chi connectivity index (χ0) is 13.3. The van der Waals surface area contributed by atoms with Crippen LogP contribution in [0.4, 0.5) is 4.79 Å². The van der Waals surface area contributed by atoms with E-state index in [-0.39, 0.29) is 11.9 Å². The van der Waals surface area contributed by atoms with Gasteiger partial charge in [-0.15, -0.1) is 0 Å². The predicted molar refractivity (Wildman–Crippen MR) is 70.1 cm³/mol. The molecule has 1 saturated carbocycles. The summed E-state index contributed by atoms with van der Waals surface area (Å²) in [7, 11) is 0. The third-order valence-corrected chi connectivity index (χ3v) is 4.33. The van der Waals surface area contributed by atoms with Gasteiger partial charge < -0.3 is 5.32 Å². The second kappa shape index (κ2) is 4.90. The average molecular weight is 252 g/mol. The Labute approximate surface area is 109 Å². The molecule has 0 atom stereocenters. The number of carbonyl (C=O) groups is 2. The number of amides is 3. The second-order valence-electron chi connectivity index (χ2n) is 6.17. The van der Waals surface area contributed by atoms with E-state index in [1.807, 2.05) is 13.8 Å². The molecule has 0 aromatic rings. The van der Waals surface area contributed by atoms with E-state index in [0.29, 0.717) is 12.5 Å². The van der Waals surface area contributed by atoms with Gasteiger partial charge in [0, 0.05) is 6.54 Å². The Hall–Kier alpha value is -1.06. The van der Waals surface area contributed by atoms with Crippen LogP contribution >= 0.6 is 0 Å². The fourth-order valence-corrected chi connectivity index (χ4v) is 3.12. The zero-order valence-electron chi connectivity index (χ0n) is 11.7. The van der Waals surface area contributed by atoms with Crippen molar-refractivity contribution in [2.45, 2.75) is 58.4 Å². The van der Waals surface area contributed by atoms with Crippen molar-refractivity contribution in [3.8, 4) is 0 Å². The minimum atomic E-state index is -0.572.